The summed E-state index contributed by atoms with van der Waals surface area (Å²) in [6.07, 6.45) is -0.0915. The molecule has 0 radical (unpaired) electrons. The highest BCUT2D eigenvalue weighted by atomic mass is 19.1. The molecule has 0 aliphatic rings. The molecular weight excluding hydrogens is 407 g/mol. The average Bonchev–Trinajstić information content (AvgIpc) is 3.07. The molecule has 1 heterocycles. The molecular formula is C26H25FN2O3. The minimum absolute atomic E-state index is 0.0269. The van der Waals surface area contributed by atoms with Crippen LogP contribution in [0.4, 0.5) is 4.39 Å². The molecule has 0 saturated heterocycles. The van der Waals surface area contributed by atoms with Crippen LogP contribution in [0.2, 0.25) is 0 Å². The van der Waals surface area contributed by atoms with E-state index < -0.39 is 11.8 Å². The zero-order valence-electron chi connectivity index (χ0n) is 18.1. The molecule has 0 fully saturated rings. The Morgan fingerprint density at radius 1 is 0.969 bits per heavy atom. The van der Waals surface area contributed by atoms with E-state index in [-0.39, 0.29) is 18.0 Å². The number of carboxylic acids is 1. The first-order chi connectivity index (χ1) is 15.4. The second-order valence-corrected chi connectivity index (χ2v) is 7.76. The fraction of sp³-hybridized carbons (Fsp3) is 0.231. The molecule has 4 rings (SSSR count). The van der Waals surface area contributed by atoms with Gasteiger partial charge in [-0.2, -0.15) is 0 Å². The summed E-state index contributed by atoms with van der Waals surface area (Å²) >= 11 is 0. The smallest absolute Gasteiger partial charge is 0.352 e. The predicted molar refractivity (Wildman–Crippen MR) is 124 cm³/mol. The van der Waals surface area contributed by atoms with Gasteiger partial charge >= 0.3 is 5.97 Å². The maximum Gasteiger partial charge on any atom is 0.352 e. The van der Waals surface area contributed by atoms with E-state index in [1.807, 2.05) is 56.3 Å². The SMILES string of the molecule is CCN(CC)C(=O)Cc1c(C(=O)O)n(Cc2cccc3ccccc23)c2ccc(F)cc12. The number of likely N-dealkylation sites (N-methyl/N-ethyl adjacent to an activating group) is 1. The monoisotopic (exact) mass is 432 g/mol. The largest absolute Gasteiger partial charge is 0.477 e. The van der Waals surface area contributed by atoms with Crippen LogP contribution in [-0.4, -0.2) is 39.5 Å². The minimum Gasteiger partial charge on any atom is -0.477 e. The Bertz CT molecular complexity index is 1320. The Morgan fingerprint density at radius 3 is 2.41 bits per heavy atom. The third-order valence-electron chi connectivity index (χ3n) is 5.99. The van der Waals surface area contributed by atoms with Gasteiger partial charge in [0, 0.05) is 36.1 Å². The first kappa shape index (κ1) is 21.6. The van der Waals surface area contributed by atoms with Crippen molar-refractivity contribution in [1.82, 2.24) is 9.47 Å². The standard InChI is InChI=1S/C26H25FN2O3/c1-3-28(4-2)24(30)15-22-21-14-19(27)12-13-23(21)29(25(22)26(31)32)16-18-10-7-9-17-8-5-6-11-20(17)18/h5-14H,3-4,15-16H2,1-2H3,(H,31,32). The van der Waals surface area contributed by atoms with Crippen molar-refractivity contribution >= 4 is 33.6 Å². The first-order valence-electron chi connectivity index (χ1n) is 10.7. The third kappa shape index (κ3) is 3.84. The van der Waals surface area contributed by atoms with Crippen LogP contribution in [0.25, 0.3) is 21.7 Å². The number of nitrogens with zero attached hydrogens (tertiary/aromatic N) is 2. The van der Waals surface area contributed by atoms with E-state index in [1.54, 1.807) is 15.5 Å². The summed E-state index contributed by atoms with van der Waals surface area (Å²) in [6, 6.07) is 18.1. The minimum atomic E-state index is -1.14. The zero-order chi connectivity index (χ0) is 22.8. The summed E-state index contributed by atoms with van der Waals surface area (Å²) < 4.78 is 15.9. The van der Waals surface area contributed by atoms with Crippen LogP contribution >= 0.6 is 0 Å². The molecule has 32 heavy (non-hydrogen) atoms. The van der Waals surface area contributed by atoms with Crippen molar-refractivity contribution in [3.05, 3.63) is 83.3 Å². The van der Waals surface area contributed by atoms with Crippen LogP contribution in [0, 0.1) is 5.82 Å². The lowest BCUT2D eigenvalue weighted by molar-refractivity contribution is -0.130. The van der Waals surface area contributed by atoms with Crippen molar-refractivity contribution in [2.75, 3.05) is 13.1 Å². The fourth-order valence-electron chi connectivity index (χ4n) is 4.42. The second kappa shape index (κ2) is 8.83. The molecule has 0 aliphatic carbocycles. The zero-order valence-corrected chi connectivity index (χ0v) is 18.1. The second-order valence-electron chi connectivity index (χ2n) is 7.76. The summed E-state index contributed by atoms with van der Waals surface area (Å²) in [5.41, 5.74) is 1.93. The number of hydrogen-bond acceptors (Lipinski definition) is 2. The van der Waals surface area contributed by atoms with Crippen molar-refractivity contribution in [2.45, 2.75) is 26.8 Å². The van der Waals surface area contributed by atoms with E-state index in [0.29, 0.717) is 36.1 Å². The highest BCUT2D eigenvalue weighted by molar-refractivity contribution is 6.01. The van der Waals surface area contributed by atoms with Crippen molar-refractivity contribution in [3.8, 4) is 0 Å². The van der Waals surface area contributed by atoms with Gasteiger partial charge in [0.05, 0.1) is 6.42 Å². The topological polar surface area (TPSA) is 62.5 Å². The number of carbonyl (C=O) groups is 2. The van der Waals surface area contributed by atoms with Gasteiger partial charge in [-0.25, -0.2) is 9.18 Å². The van der Waals surface area contributed by atoms with Gasteiger partial charge in [-0.05, 0) is 48.4 Å². The molecule has 1 aromatic heterocycles. The van der Waals surface area contributed by atoms with Gasteiger partial charge in [0.25, 0.3) is 0 Å². The molecule has 0 spiro atoms. The van der Waals surface area contributed by atoms with Gasteiger partial charge in [0.2, 0.25) is 5.91 Å². The number of benzene rings is 3. The van der Waals surface area contributed by atoms with Crippen molar-refractivity contribution in [2.24, 2.45) is 0 Å². The van der Waals surface area contributed by atoms with Gasteiger partial charge in [-0.3, -0.25) is 4.79 Å². The Hall–Kier alpha value is -3.67. The highest BCUT2D eigenvalue weighted by Crippen LogP contribution is 2.30. The molecule has 4 aromatic rings. The summed E-state index contributed by atoms with van der Waals surface area (Å²) in [4.78, 5) is 26.9. The molecule has 6 heteroatoms. The van der Waals surface area contributed by atoms with Crippen LogP contribution < -0.4 is 0 Å². The Balaban J connectivity index is 1.91. The lowest BCUT2D eigenvalue weighted by Crippen LogP contribution is -2.32. The van der Waals surface area contributed by atoms with Crippen LogP contribution in [0.5, 0.6) is 0 Å². The van der Waals surface area contributed by atoms with Crippen LogP contribution in [0.1, 0.15) is 35.5 Å². The molecule has 3 aromatic carbocycles. The number of amides is 1. The predicted octanol–water partition coefficient (Wildman–Crippen LogP) is 5.09. The Morgan fingerprint density at radius 2 is 1.69 bits per heavy atom. The molecule has 0 saturated carbocycles. The van der Waals surface area contributed by atoms with Crippen molar-refractivity contribution in [3.63, 3.8) is 0 Å². The molecule has 0 unspecified atom stereocenters. The maximum atomic E-state index is 14.2. The van der Waals surface area contributed by atoms with E-state index in [2.05, 4.69) is 0 Å². The number of carboxylic acid groups (broad SMARTS) is 1. The lowest BCUT2D eigenvalue weighted by atomic mass is 10.0. The van der Waals surface area contributed by atoms with Gasteiger partial charge in [-0.1, -0.05) is 42.5 Å². The number of aromatic carboxylic acids is 1. The van der Waals surface area contributed by atoms with Gasteiger partial charge < -0.3 is 14.6 Å². The van der Waals surface area contributed by atoms with Crippen molar-refractivity contribution < 1.29 is 19.1 Å². The number of halogens is 1. The number of hydrogen-bond donors (Lipinski definition) is 1. The van der Waals surface area contributed by atoms with Gasteiger partial charge in [0.1, 0.15) is 11.5 Å². The molecule has 1 N–H and O–H groups in total. The molecule has 0 bridgehead atoms. The van der Waals surface area contributed by atoms with E-state index in [4.69, 9.17) is 0 Å². The van der Waals surface area contributed by atoms with Crippen LogP contribution in [0.15, 0.2) is 60.7 Å². The molecule has 5 nitrogen and oxygen atoms in total. The van der Waals surface area contributed by atoms with E-state index in [9.17, 15) is 19.1 Å². The molecule has 0 atom stereocenters. The Labute approximate surface area is 185 Å². The number of aromatic nitrogens is 1. The van der Waals surface area contributed by atoms with E-state index in [1.165, 1.54) is 12.1 Å². The summed E-state index contributed by atoms with van der Waals surface area (Å²) in [5, 5.41) is 12.7. The van der Waals surface area contributed by atoms with Crippen LogP contribution in [0.3, 0.4) is 0 Å². The summed E-state index contributed by atoms with van der Waals surface area (Å²) in [5.74, 6) is -1.77. The van der Waals surface area contributed by atoms with Gasteiger partial charge in [0.15, 0.2) is 0 Å². The Kier molecular flexibility index (Phi) is 5.95. The van der Waals surface area contributed by atoms with Gasteiger partial charge in [-0.15, -0.1) is 0 Å². The highest BCUT2D eigenvalue weighted by Gasteiger charge is 2.26. The molecule has 1 amide bonds. The average molecular weight is 432 g/mol. The molecule has 0 aliphatic heterocycles. The number of rotatable bonds is 7. The summed E-state index contributed by atoms with van der Waals surface area (Å²) in [6.45, 7) is 5.11. The maximum absolute atomic E-state index is 14.2. The quantitative estimate of drug-likeness (QED) is 0.442. The van der Waals surface area contributed by atoms with Crippen LogP contribution in [-0.2, 0) is 17.8 Å². The van der Waals surface area contributed by atoms with Crippen molar-refractivity contribution in [1.29, 1.82) is 0 Å². The lowest BCUT2D eigenvalue weighted by Gasteiger charge is -2.18. The number of fused-ring (bicyclic) bond motifs is 2. The van der Waals surface area contributed by atoms with E-state index in [0.717, 1.165) is 16.3 Å². The molecule has 164 valence electrons. The number of carbonyl (C=O) groups excluding carboxylic acids is 1. The normalized spacial score (nSPS) is 11.2. The third-order valence-corrected chi connectivity index (χ3v) is 5.99. The van der Waals surface area contributed by atoms with E-state index >= 15 is 0 Å². The first-order valence-corrected chi connectivity index (χ1v) is 10.7. The fourth-order valence-corrected chi connectivity index (χ4v) is 4.42. The summed E-state index contributed by atoms with van der Waals surface area (Å²) in [7, 11) is 0.